The van der Waals surface area contributed by atoms with Gasteiger partial charge in [-0.1, -0.05) is 0 Å². The van der Waals surface area contributed by atoms with Crippen LogP contribution >= 0.6 is 23.1 Å². The molecule has 0 atom stereocenters. The van der Waals surface area contributed by atoms with Crippen molar-refractivity contribution in [1.29, 1.82) is 0 Å². The Hall–Kier alpha value is -0.750. The van der Waals surface area contributed by atoms with E-state index in [0.29, 0.717) is 0 Å². The first kappa shape index (κ1) is 19.3. The van der Waals surface area contributed by atoms with Crippen LogP contribution in [-0.2, 0) is 6.42 Å². The Bertz CT molecular complexity index is 455. The zero-order valence-corrected chi connectivity index (χ0v) is 16.2. The number of rotatable bonds is 9. The molecule has 0 radical (unpaired) electrons. The van der Waals surface area contributed by atoms with E-state index < -0.39 is 0 Å². The minimum Gasteiger partial charge on any atom is -0.357 e. The van der Waals surface area contributed by atoms with Crippen molar-refractivity contribution < 1.29 is 0 Å². The summed E-state index contributed by atoms with van der Waals surface area (Å²) in [4.78, 5) is 9.18. The second-order valence-electron chi connectivity index (χ2n) is 5.93. The first-order valence-electron chi connectivity index (χ1n) is 7.95. The molecular formula is C16H30N4S2. The van der Waals surface area contributed by atoms with Crippen molar-refractivity contribution in [2.24, 2.45) is 4.99 Å². The van der Waals surface area contributed by atoms with Crippen LogP contribution in [0.25, 0.3) is 0 Å². The summed E-state index contributed by atoms with van der Waals surface area (Å²) in [5.74, 6) is 0.926. The Morgan fingerprint density at radius 3 is 2.73 bits per heavy atom. The van der Waals surface area contributed by atoms with E-state index in [9.17, 15) is 0 Å². The molecular weight excluding hydrogens is 312 g/mol. The zero-order chi connectivity index (χ0) is 16.4. The summed E-state index contributed by atoms with van der Waals surface area (Å²) in [6.45, 7) is 11.3. The lowest BCUT2D eigenvalue weighted by atomic mass is 10.2. The van der Waals surface area contributed by atoms with Gasteiger partial charge in [0.15, 0.2) is 5.96 Å². The van der Waals surface area contributed by atoms with Crippen LogP contribution in [0, 0.1) is 6.92 Å². The summed E-state index contributed by atoms with van der Waals surface area (Å²) < 4.78 is 0.186. The predicted octanol–water partition coefficient (Wildman–Crippen LogP) is 3.47. The van der Waals surface area contributed by atoms with Gasteiger partial charge in [-0.3, -0.25) is 4.99 Å². The third kappa shape index (κ3) is 8.03. The largest absolute Gasteiger partial charge is 0.357 e. The van der Waals surface area contributed by atoms with Gasteiger partial charge in [0.1, 0.15) is 0 Å². The molecule has 0 unspecified atom stereocenters. The second kappa shape index (κ2) is 10.1. The van der Waals surface area contributed by atoms with Crippen molar-refractivity contribution in [3.05, 3.63) is 16.1 Å². The number of hydrogen-bond acceptors (Lipinski definition) is 4. The van der Waals surface area contributed by atoms with Crippen LogP contribution in [-0.4, -0.2) is 41.6 Å². The molecule has 126 valence electrons. The minimum atomic E-state index is 0.186. The molecule has 22 heavy (non-hydrogen) atoms. The normalized spacial score (nSPS) is 12.5. The van der Waals surface area contributed by atoms with Crippen LogP contribution in [0.1, 0.15) is 44.3 Å². The second-order valence-corrected chi connectivity index (χ2v) is 8.38. The van der Waals surface area contributed by atoms with Crippen molar-refractivity contribution in [1.82, 2.24) is 15.6 Å². The molecule has 1 heterocycles. The summed E-state index contributed by atoms with van der Waals surface area (Å²) in [5.41, 5.74) is 1.14. The molecule has 1 aromatic rings. The molecule has 0 saturated carbocycles. The number of nitrogens with one attached hydrogen (secondary N) is 2. The molecule has 1 rings (SSSR count). The molecule has 6 heteroatoms. The highest BCUT2D eigenvalue weighted by Gasteiger charge is 2.15. The Morgan fingerprint density at radius 1 is 1.36 bits per heavy atom. The fourth-order valence-corrected chi connectivity index (χ4v) is 2.81. The molecule has 0 aliphatic carbocycles. The van der Waals surface area contributed by atoms with Crippen LogP contribution in [0.2, 0.25) is 0 Å². The van der Waals surface area contributed by atoms with Crippen molar-refractivity contribution >= 4 is 29.1 Å². The fourth-order valence-electron chi connectivity index (χ4n) is 1.80. The lowest BCUT2D eigenvalue weighted by Gasteiger charge is -2.20. The van der Waals surface area contributed by atoms with Crippen LogP contribution < -0.4 is 10.6 Å². The highest BCUT2D eigenvalue weighted by molar-refractivity contribution is 7.99. The molecule has 0 amide bonds. The van der Waals surface area contributed by atoms with E-state index in [4.69, 9.17) is 0 Å². The fraction of sp³-hybridized carbons (Fsp3) is 0.750. The van der Waals surface area contributed by atoms with Gasteiger partial charge in [-0.25, -0.2) is 4.98 Å². The van der Waals surface area contributed by atoms with E-state index in [1.165, 1.54) is 5.01 Å². The van der Waals surface area contributed by atoms with E-state index >= 15 is 0 Å². The maximum Gasteiger partial charge on any atom is 0.191 e. The number of unbranched alkanes of at least 4 members (excludes halogenated alkanes) is 1. The average Bonchev–Trinajstić information content (AvgIpc) is 2.90. The van der Waals surface area contributed by atoms with Gasteiger partial charge in [0.05, 0.1) is 11.6 Å². The van der Waals surface area contributed by atoms with Gasteiger partial charge in [-0.15, -0.1) is 11.3 Å². The van der Waals surface area contributed by atoms with Crippen molar-refractivity contribution in [2.75, 3.05) is 25.9 Å². The summed E-state index contributed by atoms with van der Waals surface area (Å²) in [5, 5.41) is 10.1. The third-order valence-corrected chi connectivity index (χ3v) is 5.55. The Kier molecular flexibility index (Phi) is 8.86. The molecule has 2 N–H and O–H groups in total. The molecule has 0 fully saturated rings. The number of hydrogen-bond donors (Lipinski definition) is 2. The van der Waals surface area contributed by atoms with E-state index in [2.05, 4.69) is 59.9 Å². The van der Waals surface area contributed by atoms with Gasteiger partial charge < -0.3 is 10.6 Å². The maximum atomic E-state index is 4.68. The van der Waals surface area contributed by atoms with E-state index in [1.807, 2.05) is 11.8 Å². The summed E-state index contributed by atoms with van der Waals surface area (Å²) in [6.07, 6.45) is 5.51. The highest BCUT2D eigenvalue weighted by atomic mass is 32.2. The third-order valence-electron chi connectivity index (χ3n) is 3.29. The molecule has 1 aromatic heterocycles. The Labute approximate surface area is 143 Å². The van der Waals surface area contributed by atoms with Gasteiger partial charge in [0, 0.05) is 28.9 Å². The first-order chi connectivity index (χ1) is 10.5. The Morgan fingerprint density at radius 2 is 2.14 bits per heavy atom. The predicted molar refractivity (Wildman–Crippen MR) is 101 cm³/mol. The van der Waals surface area contributed by atoms with Crippen molar-refractivity contribution in [3.63, 3.8) is 0 Å². The molecule has 0 saturated heterocycles. The molecule has 0 aliphatic heterocycles. The van der Waals surface area contributed by atoms with Gasteiger partial charge in [-0.05, 0) is 53.2 Å². The molecule has 4 nitrogen and oxygen atoms in total. The SMILES string of the molecule is CCNC(=NCC(C)(C)SC)NCCCCc1nc(C)cs1. The Balaban J connectivity index is 2.27. The number of aliphatic imine (C=N–C) groups is 1. The number of nitrogens with zero attached hydrogens (tertiary/aromatic N) is 2. The monoisotopic (exact) mass is 342 g/mol. The van der Waals surface area contributed by atoms with Gasteiger partial charge in [-0.2, -0.15) is 11.8 Å². The van der Waals surface area contributed by atoms with Crippen molar-refractivity contribution in [2.45, 2.75) is 51.7 Å². The minimum absolute atomic E-state index is 0.186. The number of thiazole rings is 1. The quantitative estimate of drug-likeness (QED) is 0.410. The van der Waals surface area contributed by atoms with Crippen molar-refractivity contribution in [3.8, 4) is 0 Å². The topological polar surface area (TPSA) is 49.3 Å². The van der Waals surface area contributed by atoms with Crippen LogP contribution in [0.15, 0.2) is 10.4 Å². The molecule has 0 aromatic carbocycles. The van der Waals surface area contributed by atoms with Gasteiger partial charge in [0.2, 0.25) is 0 Å². The van der Waals surface area contributed by atoms with Crippen LogP contribution in [0.4, 0.5) is 0 Å². The summed E-state index contributed by atoms with van der Waals surface area (Å²) in [6, 6.07) is 0. The van der Waals surface area contributed by atoms with Crippen LogP contribution in [0.5, 0.6) is 0 Å². The van der Waals surface area contributed by atoms with E-state index in [0.717, 1.165) is 50.6 Å². The number of aromatic nitrogens is 1. The van der Waals surface area contributed by atoms with Gasteiger partial charge >= 0.3 is 0 Å². The molecule has 0 aliphatic rings. The molecule has 0 spiro atoms. The molecule has 0 bridgehead atoms. The van der Waals surface area contributed by atoms with E-state index in [1.54, 1.807) is 11.3 Å². The summed E-state index contributed by atoms with van der Waals surface area (Å²) >= 11 is 3.62. The number of aryl methyl sites for hydroxylation is 2. The van der Waals surface area contributed by atoms with E-state index in [-0.39, 0.29) is 4.75 Å². The maximum absolute atomic E-state index is 4.68. The van der Waals surface area contributed by atoms with Crippen LogP contribution in [0.3, 0.4) is 0 Å². The summed E-state index contributed by atoms with van der Waals surface area (Å²) in [7, 11) is 0. The zero-order valence-electron chi connectivity index (χ0n) is 14.5. The van der Waals surface area contributed by atoms with Gasteiger partial charge in [0.25, 0.3) is 0 Å². The standard InChI is InChI=1S/C16H30N4S2/c1-6-17-15(19-12-16(3,4)21-5)18-10-8-7-9-14-20-13(2)11-22-14/h11H,6-10,12H2,1-5H3,(H2,17,18,19). The smallest absolute Gasteiger partial charge is 0.191 e. The first-order valence-corrected chi connectivity index (χ1v) is 10.1. The highest BCUT2D eigenvalue weighted by Crippen LogP contribution is 2.20. The lowest BCUT2D eigenvalue weighted by molar-refractivity contribution is 0.680. The average molecular weight is 343 g/mol. The lowest BCUT2D eigenvalue weighted by Crippen LogP contribution is -2.38. The number of guanidine groups is 1. The number of thioether (sulfide) groups is 1.